The summed E-state index contributed by atoms with van der Waals surface area (Å²) in [5.41, 5.74) is 0.725. The molecular formula is C22H25O11+. The van der Waals surface area contributed by atoms with E-state index in [2.05, 4.69) is 4.74 Å². The second kappa shape index (κ2) is 8.96. The summed E-state index contributed by atoms with van der Waals surface area (Å²) in [7, 11) is 1.37. The van der Waals surface area contributed by atoms with Crippen LogP contribution in [0.2, 0.25) is 0 Å². The molecule has 1 unspecified atom stereocenters. The van der Waals surface area contributed by atoms with Crippen LogP contribution < -0.4 is 4.74 Å². The fraction of sp³-hybridized carbons (Fsp3) is 0.364. The number of aromatic hydroxyl groups is 1. The minimum absolute atomic E-state index is 0.0214. The minimum atomic E-state index is -1.67. The predicted octanol–water partition coefficient (Wildman–Crippen LogP) is -0.380. The van der Waals surface area contributed by atoms with E-state index >= 15 is 0 Å². The van der Waals surface area contributed by atoms with Gasteiger partial charge >= 0.3 is 5.76 Å². The van der Waals surface area contributed by atoms with E-state index in [9.17, 15) is 35.7 Å². The van der Waals surface area contributed by atoms with Gasteiger partial charge in [-0.25, -0.2) is 0 Å². The molecule has 0 saturated carbocycles. The quantitative estimate of drug-likeness (QED) is 0.283. The molecule has 178 valence electrons. The molecule has 0 spiro atoms. The van der Waals surface area contributed by atoms with Crippen molar-refractivity contribution >= 4 is 5.76 Å². The van der Waals surface area contributed by atoms with Crippen molar-refractivity contribution in [3.8, 4) is 11.5 Å². The summed E-state index contributed by atoms with van der Waals surface area (Å²) in [6.07, 6.45) is -4.33. The Hall–Kier alpha value is -3.22. The number of methoxy groups -OCH3 is 1. The van der Waals surface area contributed by atoms with Crippen LogP contribution in [0.15, 0.2) is 59.3 Å². The van der Waals surface area contributed by atoms with Gasteiger partial charge in [0.05, 0.1) is 30.9 Å². The van der Waals surface area contributed by atoms with Gasteiger partial charge in [0.15, 0.2) is 11.5 Å². The number of ether oxygens (including phenoxy) is 4. The molecule has 11 nitrogen and oxygen atoms in total. The number of benzene rings is 1. The van der Waals surface area contributed by atoms with E-state index in [-0.39, 0.29) is 34.5 Å². The average Bonchev–Trinajstić information content (AvgIpc) is 2.79. The van der Waals surface area contributed by atoms with Crippen molar-refractivity contribution in [2.24, 2.45) is 0 Å². The second-order valence-electron chi connectivity index (χ2n) is 7.71. The van der Waals surface area contributed by atoms with Crippen molar-refractivity contribution in [3.05, 3.63) is 64.8 Å². The maximum Gasteiger partial charge on any atom is 0.305 e. The van der Waals surface area contributed by atoms with E-state index in [0.717, 1.165) is 6.08 Å². The molecule has 1 saturated heterocycles. The van der Waals surface area contributed by atoms with Crippen LogP contribution in [0, 0.1) is 0 Å². The molecular weight excluding hydrogens is 440 g/mol. The number of fused-ring (bicyclic) bond motifs is 1. The number of hydrogen-bond donors (Lipinski definition) is 7. The summed E-state index contributed by atoms with van der Waals surface area (Å²) in [6, 6.07) is 4.41. The number of aliphatic hydroxyl groups is 8. The molecule has 0 radical (unpaired) electrons. The number of allylic oxidation sites excluding steroid dienone is 2. The molecule has 0 aromatic heterocycles. The Bertz CT molecular complexity index is 1040. The molecule has 11 heteroatoms. The van der Waals surface area contributed by atoms with Crippen LogP contribution in [0.3, 0.4) is 0 Å². The lowest BCUT2D eigenvalue weighted by molar-refractivity contribution is -0.290. The highest BCUT2D eigenvalue weighted by Gasteiger charge is 2.46. The van der Waals surface area contributed by atoms with E-state index < -0.39 is 43.4 Å². The van der Waals surface area contributed by atoms with E-state index in [1.807, 2.05) is 0 Å². The van der Waals surface area contributed by atoms with Gasteiger partial charge in [-0.2, -0.15) is 0 Å². The third-order valence-electron chi connectivity index (χ3n) is 5.56. The lowest BCUT2D eigenvalue weighted by atomic mass is 9.96. The van der Waals surface area contributed by atoms with Crippen LogP contribution >= 0.6 is 0 Å². The fourth-order valence-electron chi connectivity index (χ4n) is 3.77. The average molecular weight is 465 g/mol. The van der Waals surface area contributed by atoms with Crippen LogP contribution in [0.25, 0.3) is 5.76 Å². The van der Waals surface area contributed by atoms with E-state index in [4.69, 9.17) is 14.2 Å². The molecule has 6 atom stereocenters. The van der Waals surface area contributed by atoms with Gasteiger partial charge in [0.25, 0.3) is 0 Å². The normalized spacial score (nSPS) is 31.6. The summed E-state index contributed by atoms with van der Waals surface area (Å²) >= 11 is 0. The van der Waals surface area contributed by atoms with E-state index in [0.29, 0.717) is 11.1 Å². The number of aliphatic hydroxyl groups excluding tert-OH is 6. The summed E-state index contributed by atoms with van der Waals surface area (Å²) in [5.74, 6) is -0.158. The third kappa shape index (κ3) is 4.24. The summed E-state index contributed by atoms with van der Waals surface area (Å²) < 4.78 is 20.9. The van der Waals surface area contributed by atoms with Gasteiger partial charge in [-0.1, -0.05) is 0 Å². The molecule has 2 heterocycles. The highest BCUT2D eigenvalue weighted by molar-refractivity contribution is 5.69. The Kier molecular flexibility index (Phi) is 6.23. The summed E-state index contributed by atoms with van der Waals surface area (Å²) in [4.78, 5) is 0. The first kappa shape index (κ1) is 23.0. The van der Waals surface area contributed by atoms with E-state index in [1.54, 1.807) is 0 Å². The smallest absolute Gasteiger partial charge is 0.305 e. The fourth-order valence-corrected chi connectivity index (χ4v) is 3.77. The lowest BCUT2D eigenvalue weighted by Crippen LogP contribution is -2.59. The molecule has 1 aliphatic carbocycles. The topological polar surface area (TPSA) is 182 Å². The zero-order chi connectivity index (χ0) is 23.9. The first-order valence-corrected chi connectivity index (χ1v) is 10.1. The van der Waals surface area contributed by atoms with Crippen LogP contribution in [-0.2, 0) is 9.47 Å². The molecule has 1 fully saturated rings. The Morgan fingerprint density at radius 3 is 2.48 bits per heavy atom. The lowest BCUT2D eigenvalue weighted by Gasteiger charge is -2.40. The minimum Gasteiger partial charge on any atom is -0.571 e. The molecule has 1 aromatic carbocycles. The third-order valence-corrected chi connectivity index (χ3v) is 5.56. The van der Waals surface area contributed by atoms with Gasteiger partial charge in [-0.05, 0) is 12.1 Å². The molecule has 33 heavy (non-hydrogen) atoms. The maximum absolute atomic E-state index is 10.4. The maximum atomic E-state index is 10.4. The second-order valence-corrected chi connectivity index (χ2v) is 7.71. The van der Waals surface area contributed by atoms with Crippen LogP contribution in [0.1, 0.15) is 5.56 Å². The van der Waals surface area contributed by atoms with Crippen molar-refractivity contribution in [1.82, 2.24) is 0 Å². The van der Waals surface area contributed by atoms with Crippen LogP contribution in [0.4, 0.5) is 0 Å². The summed E-state index contributed by atoms with van der Waals surface area (Å²) in [5, 5.41) is 70.0. The van der Waals surface area contributed by atoms with Gasteiger partial charge in [0, 0.05) is 18.2 Å². The zero-order valence-electron chi connectivity index (χ0n) is 17.4. The van der Waals surface area contributed by atoms with Crippen LogP contribution in [-0.4, -0.2) is 91.0 Å². The summed E-state index contributed by atoms with van der Waals surface area (Å²) in [6.45, 7) is -0.632. The highest BCUT2D eigenvalue weighted by atomic mass is 16.7. The molecule has 1 aromatic rings. The van der Waals surface area contributed by atoms with Gasteiger partial charge in [0.2, 0.25) is 18.2 Å². The molecule has 0 bridgehead atoms. The first-order chi connectivity index (χ1) is 15.7. The highest BCUT2D eigenvalue weighted by Crippen LogP contribution is 2.38. The Morgan fingerprint density at radius 2 is 1.79 bits per heavy atom. The standard InChI is InChI=1S/C22H24O11/c1-30-15-4-9(2-3-12(15)25)21-16(7-11-13(26)5-10(24)6-14(11)31-21)32-22-20(29)19(28)18(27)17(8-23)33-22/h2-7,14,17-20,22-29H,8H2,1H3/p+1/t14?,17-,18-,19+,20-,22-/m1/s1. The van der Waals surface area contributed by atoms with Crippen molar-refractivity contribution in [2.45, 2.75) is 36.8 Å². The number of rotatable bonds is 5. The Balaban J connectivity index is 1.77. The van der Waals surface area contributed by atoms with Crippen molar-refractivity contribution in [3.63, 3.8) is 0 Å². The first-order valence-electron chi connectivity index (χ1n) is 10.1. The van der Waals surface area contributed by atoms with Gasteiger partial charge < -0.3 is 54.7 Å². The predicted molar refractivity (Wildman–Crippen MR) is 112 cm³/mol. The zero-order valence-corrected chi connectivity index (χ0v) is 17.4. The number of phenolic OH excluding ortho intramolecular Hbond substituents is 1. The molecule has 3 aliphatic rings. The van der Waals surface area contributed by atoms with Gasteiger partial charge in [0.1, 0.15) is 35.9 Å². The Morgan fingerprint density at radius 1 is 1.03 bits per heavy atom. The SMILES string of the molecule is COc1cc(C2=C(O[C@@H]3O[C@H](CO)[C@@H](O)[C@H](O)[C@H]3O)C=C3C(O)=CC(O)=CC3[OH+]2)ccc1O. The molecule has 4 rings (SSSR count). The number of phenols is 1. The molecule has 2 aliphatic heterocycles. The van der Waals surface area contributed by atoms with Crippen molar-refractivity contribution in [2.75, 3.05) is 13.7 Å². The van der Waals surface area contributed by atoms with Crippen molar-refractivity contribution < 1.29 is 54.7 Å². The largest absolute Gasteiger partial charge is 0.571 e. The molecule has 8 N–H and O–H groups in total. The van der Waals surface area contributed by atoms with Crippen LogP contribution in [0.5, 0.6) is 11.5 Å². The number of hydrogen-bond acceptors (Lipinski definition) is 10. The molecule has 0 amide bonds. The van der Waals surface area contributed by atoms with Gasteiger partial charge in [-0.15, -0.1) is 0 Å². The van der Waals surface area contributed by atoms with Gasteiger partial charge in [-0.3, -0.25) is 0 Å². The van der Waals surface area contributed by atoms with E-state index in [1.165, 1.54) is 37.5 Å². The monoisotopic (exact) mass is 465 g/mol. The Labute approximate surface area is 188 Å². The van der Waals surface area contributed by atoms with Crippen molar-refractivity contribution in [1.29, 1.82) is 0 Å².